The van der Waals surface area contributed by atoms with Crippen molar-refractivity contribution >= 4 is 39.4 Å². The Labute approximate surface area is 181 Å². The number of aliphatic hydroxyl groups is 1. The van der Waals surface area contributed by atoms with E-state index in [2.05, 4.69) is 30.5 Å². The van der Waals surface area contributed by atoms with E-state index < -0.39 is 11.9 Å². The molecule has 4 N–H and O–H groups in total. The van der Waals surface area contributed by atoms with E-state index in [9.17, 15) is 9.90 Å². The van der Waals surface area contributed by atoms with Gasteiger partial charge in [-0.2, -0.15) is 0 Å². The van der Waals surface area contributed by atoms with Crippen LogP contribution >= 0.6 is 11.6 Å². The number of imidazole rings is 1. The topological polar surface area (TPSA) is 120 Å². The van der Waals surface area contributed by atoms with Crippen LogP contribution in [0.25, 0.3) is 33.2 Å². The quantitative estimate of drug-likeness (QED) is 0.338. The minimum absolute atomic E-state index is 0.0394. The van der Waals surface area contributed by atoms with Gasteiger partial charge in [-0.1, -0.05) is 23.7 Å². The number of fused-ring (bicyclic) bond motifs is 2. The number of hydrogen-bond acceptors (Lipinski definition) is 5. The Morgan fingerprint density at radius 2 is 1.84 bits per heavy atom. The number of carbonyl (C=O) groups excluding carboxylic acids is 1. The number of aromatic amines is 2. The fourth-order valence-electron chi connectivity index (χ4n) is 3.54. The molecule has 0 spiro atoms. The predicted octanol–water partition coefficient (Wildman–Crippen LogP) is 3.62. The lowest BCUT2D eigenvalue weighted by atomic mass is 10.1. The van der Waals surface area contributed by atoms with Crippen LogP contribution < -0.4 is 5.32 Å². The SMILES string of the molecule is O=C(NC(CO)c1cccc(Cl)c1)c1nc2cc3[nH][nH]c(-c4ccncc4)c3cc2n1. The van der Waals surface area contributed by atoms with E-state index in [0.717, 1.165) is 22.2 Å². The third-order valence-corrected chi connectivity index (χ3v) is 5.31. The van der Waals surface area contributed by atoms with Gasteiger partial charge in [-0.05, 0) is 42.0 Å². The first-order chi connectivity index (χ1) is 15.1. The minimum Gasteiger partial charge on any atom is -0.394 e. The normalized spacial score (nSPS) is 12.3. The van der Waals surface area contributed by atoms with Gasteiger partial charge in [-0.15, -0.1) is 0 Å². The molecular formula is C22H17ClN6O2. The molecule has 1 amide bonds. The van der Waals surface area contributed by atoms with Crippen LogP contribution in [0.5, 0.6) is 0 Å². The molecule has 0 aliphatic carbocycles. The standard InChI is InChI=1S/C22H17ClN6O2/c23-14-3-1-2-13(8-14)19(11-30)27-22(31)21-25-17-9-15-16(10-18(17)26-21)28-29-20(15)12-4-6-24-7-5-12/h1-10,19,28-30H,11H2,(H,27,31). The molecule has 0 radical (unpaired) electrons. The third-order valence-electron chi connectivity index (χ3n) is 5.07. The molecule has 0 aliphatic rings. The van der Waals surface area contributed by atoms with Crippen LogP contribution in [0.3, 0.4) is 0 Å². The van der Waals surface area contributed by atoms with Gasteiger partial charge in [0.1, 0.15) is 0 Å². The summed E-state index contributed by atoms with van der Waals surface area (Å²) in [6.07, 6.45) is 3.45. The number of pyridine rings is 1. The number of aliphatic hydroxyl groups excluding tert-OH is 1. The molecule has 3 heterocycles. The second-order valence-electron chi connectivity index (χ2n) is 7.06. The highest BCUT2D eigenvalue weighted by Crippen LogP contribution is 2.29. The first-order valence-electron chi connectivity index (χ1n) is 9.58. The lowest BCUT2D eigenvalue weighted by Gasteiger charge is -2.15. The van der Waals surface area contributed by atoms with Crippen molar-refractivity contribution in [3.8, 4) is 11.3 Å². The van der Waals surface area contributed by atoms with Crippen LogP contribution in [0.1, 0.15) is 22.2 Å². The highest BCUT2D eigenvalue weighted by Gasteiger charge is 2.20. The molecule has 0 bridgehead atoms. The van der Waals surface area contributed by atoms with E-state index in [4.69, 9.17) is 11.6 Å². The van der Waals surface area contributed by atoms with Crippen LogP contribution in [-0.2, 0) is 0 Å². The zero-order chi connectivity index (χ0) is 21.4. The number of carbonyl (C=O) groups is 1. The Bertz CT molecular complexity index is 1400. The summed E-state index contributed by atoms with van der Waals surface area (Å²) < 4.78 is 0. The average Bonchev–Trinajstić information content (AvgIpc) is 3.39. The molecule has 5 rings (SSSR count). The first-order valence-corrected chi connectivity index (χ1v) is 9.95. The Hall–Kier alpha value is -3.75. The highest BCUT2D eigenvalue weighted by atomic mass is 35.5. The van der Waals surface area contributed by atoms with Gasteiger partial charge in [-0.25, -0.2) is 9.97 Å². The molecule has 154 valence electrons. The van der Waals surface area contributed by atoms with Crippen molar-refractivity contribution in [1.29, 1.82) is 0 Å². The van der Waals surface area contributed by atoms with Crippen LogP contribution in [0, 0.1) is 0 Å². The van der Waals surface area contributed by atoms with Crippen LogP contribution in [0.15, 0.2) is 60.9 Å². The second kappa shape index (κ2) is 7.82. The average molecular weight is 433 g/mol. The van der Waals surface area contributed by atoms with Crippen molar-refractivity contribution in [2.24, 2.45) is 0 Å². The van der Waals surface area contributed by atoms with Gasteiger partial charge >= 0.3 is 0 Å². The van der Waals surface area contributed by atoms with Crippen LogP contribution in [0.2, 0.25) is 5.02 Å². The van der Waals surface area contributed by atoms with Crippen molar-refractivity contribution in [3.05, 3.63) is 77.3 Å². The van der Waals surface area contributed by atoms with E-state index in [0.29, 0.717) is 21.6 Å². The number of benzene rings is 2. The summed E-state index contributed by atoms with van der Waals surface area (Å²) in [6.45, 7) is -0.277. The van der Waals surface area contributed by atoms with Gasteiger partial charge in [0.15, 0.2) is 0 Å². The molecule has 2 aromatic carbocycles. The number of nitrogens with zero attached hydrogens (tertiary/aromatic N) is 3. The third kappa shape index (κ3) is 3.63. The molecule has 3 aromatic heterocycles. The summed E-state index contributed by atoms with van der Waals surface area (Å²) >= 11 is 6.02. The van der Waals surface area contributed by atoms with E-state index in [1.807, 2.05) is 24.3 Å². The first kappa shape index (κ1) is 19.2. The van der Waals surface area contributed by atoms with E-state index >= 15 is 0 Å². The highest BCUT2D eigenvalue weighted by molar-refractivity contribution is 6.30. The minimum atomic E-state index is -0.615. The lowest BCUT2D eigenvalue weighted by Crippen LogP contribution is -2.31. The van der Waals surface area contributed by atoms with Crippen molar-refractivity contribution < 1.29 is 9.90 Å². The van der Waals surface area contributed by atoms with E-state index in [-0.39, 0.29) is 12.4 Å². The smallest absolute Gasteiger partial charge is 0.289 e. The molecule has 0 fully saturated rings. The largest absolute Gasteiger partial charge is 0.394 e. The second-order valence-corrected chi connectivity index (χ2v) is 7.49. The number of nitrogens with one attached hydrogen (secondary N) is 3. The lowest BCUT2D eigenvalue weighted by molar-refractivity contribution is 0.0907. The Morgan fingerprint density at radius 3 is 2.58 bits per heavy atom. The number of aromatic nitrogens is 5. The fourth-order valence-corrected chi connectivity index (χ4v) is 3.74. The Balaban J connectivity index is 1.47. The summed E-state index contributed by atoms with van der Waals surface area (Å²) in [4.78, 5) is 25.6. The fraction of sp³-hybridized carbons (Fsp3) is 0.0909. The van der Waals surface area contributed by atoms with Crippen molar-refractivity contribution in [2.75, 3.05) is 6.61 Å². The van der Waals surface area contributed by atoms with Crippen molar-refractivity contribution in [2.45, 2.75) is 6.04 Å². The summed E-state index contributed by atoms with van der Waals surface area (Å²) in [6, 6.07) is 13.9. The van der Waals surface area contributed by atoms with Gasteiger partial charge in [0.25, 0.3) is 5.91 Å². The molecule has 0 saturated heterocycles. The number of amides is 1. The maximum Gasteiger partial charge on any atom is 0.289 e. The molecule has 9 heteroatoms. The van der Waals surface area contributed by atoms with Gasteiger partial charge in [0.05, 0.1) is 34.9 Å². The molecule has 1 atom stereocenters. The number of H-pyrrole nitrogens is 2. The Kier molecular flexibility index (Phi) is 4.85. The number of halogens is 1. The molecule has 8 nitrogen and oxygen atoms in total. The Morgan fingerprint density at radius 1 is 1.06 bits per heavy atom. The van der Waals surface area contributed by atoms with E-state index in [1.54, 1.807) is 36.7 Å². The van der Waals surface area contributed by atoms with Gasteiger partial charge in [0, 0.05) is 28.4 Å². The molecule has 1 unspecified atom stereocenters. The summed E-state index contributed by atoms with van der Waals surface area (Å²) in [7, 11) is 0. The molecule has 0 saturated carbocycles. The maximum absolute atomic E-state index is 12.8. The van der Waals surface area contributed by atoms with Crippen molar-refractivity contribution in [3.63, 3.8) is 0 Å². The zero-order valence-corrected chi connectivity index (χ0v) is 16.9. The number of rotatable bonds is 5. The molecule has 5 aromatic rings. The predicted molar refractivity (Wildman–Crippen MR) is 118 cm³/mol. The monoisotopic (exact) mass is 432 g/mol. The van der Waals surface area contributed by atoms with Crippen LogP contribution in [-0.4, -0.2) is 42.8 Å². The van der Waals surface area contributed by atoms with Gasteiger partial charge in [0.2, 0.25) is 5.82 Å². The maximum atomic E-state index is 12.8. The summed E-state index contributed by atoms with van der Waals surface area (Å²) in [5, 5.41) is 20.2. The summed E-state index contributed by atoms with van der Waals surface area (Å²) in [5.41, 5.74) is 4.62. The van der Waals surface area contributed by atoms with Gasteiger partial charge < -0.3 is 15.5 Å². The summed E-state index contributed by atoms with van der Waals surface area (Å²) in [5.74, 6) is -0.433. The van der Waals surface area contributed by atoms with Crippen LogP contribution in [0.4, 0.5) is 0 Å². The van der Waals surface area contributed by atoms with Crippen molar-refractivity contribution in [1.82, 2.24) is 30.5 Å². The number of hydrogen-bond donors (Lipinski definition) is 4. The van der Waals surface area contributed by atoms with Gasteiger partial charge in [-0.3, -0.25) is 14.9 Å². The molecule has 0 aliphatic heterocycles. The molecule has 31 heavy (non-hydrogen) atoms. The zero-order valence-electron chi connectivity index (χ0n) is 16.1. The molecular weight excluding hydrogens is 416 g/mol. The van der Waals surface area contributed by atoms with E-state index in [1.165, 1.54) is 0 Å².